The third kappa shape index (κ3) is 15.1. The first kappa shape index (κ1) is 57.4. The third-order valence-corrected chi connectivity index (χ3v) is 14.6. The highest BCUT2D eigenvalue weighted by Gasteiger charge is 2.37. The number of amides is 6. The number of carbonyl (C=O) groups excluding carboxylic acids is 6. The molecule has 2 aromatic carbocycles. The van der Waals surface area contributed by atoms with E-state index >= 15 is 0 Å². The van der Waals surface area contributed by atoms with E-state index in [1.54, 1.807) is 136 Å². The average Bonchev–Trinajstić information content (AvgIpc) is 3.20. The summed E-state index contributed by atoms with van der Waals surface area (Å²) in [5.74, 6) is -6.05. The summed E-state index contributed by atoms with van der Waals surface area (Å²) >= 11 is 10.2. The van der Waals surface area contributed by atoms with Crippen LogP contribution in [0.2, 0.25) is 0 Å². The Kier molecular flexibility index (Phi) is 25.1. The molecule has 5 unspecified atom stereocenters. The number of hydrogen-bond donors (Lipinski definition) is 13. The molecule has 2 aromatic rings. The van der Waals surface area contributed by atoms with Crippen molar-refractivity contribution in [1.29, 1.82) is 0 Å². The molecule has 0 heterocycles. The molecule has 0 fully saturated rings. The minimum absolute atomic E-state index is 0.00683. The van der Waals surface area contributed by atoms with E-state index in [4.69, 9.17) is 16.2 Å². The van der Waals surface area contributed by atoms with Gasteiger partial charge in [-0.1, -0.05) is 0 Å². The Morgan fingerprint density at radius 2 is 0.823 bits per heavy atom. The van der Waals surface area contributed by atoms with Gasteiger partial charge in [0.1, 0.15) is 12.5 Å². The highest BCUT2D eigenvalue weighted by molar-refractivity contribution is 14.1. The number of rotatable bonds is 24. The number of aliphatic hydroxyl groups is 9. The zero-order chi connectivity index (χ0) is 47.3. The summed E-state index contributed by atoms with van der Waals surface area (Å²) in [7, 11) is 0. The van der Waals surface area contributed by atoms with Crippen molar-refractivity contribution in [3.05, 3.63) is 43.7 Å². The standard InChI is InChI=1S/C34H42I6N6O16/c35-23-19(31(41)58)25(37)29(27(39)21(23)33(60)43-2-12(51)6-47)45(4-14(53)8-49)17(56)1-18(57)46(5-15(54)10-62-11-16(55)9-50)30-26(38)20(32(42)59)24(36)22(28(30)40)34(61)44-3-13(52)7-48/h12-16,47-55H,1-11H2,(H2,41,58)(H2,42,59)(H,43,60)(H,44,61). The van der Waals surface area contributed by atoms with Gasteiger partial charge in [-0.2, -0.15) is 0 Å². The highest BCUT2D eigenvalue weighted by Crippen LogP contribution is 2.40. The van der Waals surface area contributed by atoms with E-state index < -0.39 is 138 Å². The van der Waals surface area contributed by atoms with Gasteiger partial charge in [-0.25, -0.2) is 0 Å². The first-order valence-electron chi connectivity index (χ1n) is 17.6. The number of nitrogens with two attached hydrogens (primary N) is 2. The monoisotopic (exact) mass is 1550 g/mol. The maximum atomic E-state index is 14.6. The fraction of sp³-hybridized carbons (Fsp3) is 0.471. The van der Waals surface area contributed by atoms with Crippen LogP contribution >= 0.6 is 136 Å². The molecule has 0 spiro atoms. The first-order chi connectivity index (χ1) is 29.0. The molecule has 28 heteroatoms. The smallest absolute Gasteiger partial charge is 0.253 e. The summed E-state index contributed by atoms with van der Waals surface area (Å²) in [5, 5.41) is 93.7. The summed E-state index contributed by atoms with van der Waals surface area (Å²) in [4.78, 5) is 83.8. The van der Waals surface area contributed by atoms with Crippen LogP contribution in [0.3, 0.4) is 0 Å². The lowest BCUT2D eigenvalue weighted by molar-refractivity contribution is -0.127. The molecule has 346 valence electrons. The lowest BCUT2D eigenvalue weighted by atomic mass is 10.1. The van der Waals surface area contributed by atoms with Crippen LogP contribution in [-0.2, 0) is 14.3 Å². The van der Waals surface area contributed by atoms with E-state index in [1.807, 2.05) is 0 Å². The van der Waals surface area contributed by atoms with Crippen molar-refractivity contribution in [3.8, 4) is 0 Å². The van der Waals surface area contributed by atoms with Gasteiger partial charge in [0.25, 0.3) is 23.6 Å². The number of ether oxygens (including phenoxy) is 1. The first-order valence-corrected chi connectivity index (χ1v) is 24.1. The van der Waals surface area contributed by atoms with Gasteiger partial charge < -0.3 is 82.6 Å². The number of anilines is 2. The topological polar surface area (TPSA) is 376 Å². The molecule has 62 heavy (non-hydrogen) atoms. The normalized spacial score (nSPS) is 13.7. The van der Waals surface area contributed by atoms with Gasteiger partial charge in [-0.3, -0.25) is 28.8 Å². The summed E-state index contributed by atoms with van der Waals surface area (Å²) < 4.78 is 5.31. The van der Waals surface area contributed by atoms with Crippen LogP contribution in [0.4, 0.5) is 11.4 Å². The van der Waals surface area contributed by atoms with Crippen LogP contribution in [0.25, 0.3) is 0 Å². The zero-order valence-corrected chi connectivity index (χ0v) is 44.8. The van der Waals surface area contributed by atoms with Gasteiger partial charge >= 0.3 is 0 Å². The fourth-order valence-corrected chi connectivity index (χ4v) is 14.8. The van der Waals surface area contributed by atoms with Gasteiger partial charge in [-0.05, 0) is 136 Å². The Morgan fingerprint density at radius 1 is 0.500 bits per heavy atom. The second-order valence-electron chi connectivity index (χ2n) is 13.0. The SMILES string of the molecule is NC(=O)c1c(I)c(C(=O)NCC(O)CO)c(I)c(N(CC(O)CO)C(=O)CC(=O)N(CC(O)COCC(O)CO)c2c(I)c(C(N)=O)c(I)c(C(=O)NCC(O)CO)c2I)c1I. The Hall–Kier alpha value is -0.760. The molecule has 0 aliphatic carbocycles. The predicted octanol–water partition coefficient (Wildman–Crippen LogP) is -2.48. The van der Waals surface area contributed by atoms with Crippen molar-refractivity contribution in [2.45, 2.75) is 36.9 Å². The largest absolute Gasteiger partial charge is 0.394 e. The molecule has 0 aliphatic rings. The summed E-state index contributed by atoms with van der Waals surface area (Å²) in [5.41, 5.74) is 10.2. The summed E-state index contributed by atoms with van der Waals surface area (Å²) in [6.07, 6.45) is -8.45. The maximum Gasteiger partial charge on any atom is 0.253 e. The Bertz CT molecular complexity index is 2000. The fourth-order valence-electron chi connectivity index (χ4n) is 5.21. The van der Waals surface area contributed by atoms with Crippen molar-refractivity contribution < 1.29 is 79.5 Å². The second kappa shape index (κ2) is 27.2. The lowest BCUT2D eigenvalue weighted by Crippen LogP contribution is -2.46. The molecule has 0 radical (unpaired) electrons. The molecule has 5 atom stereocenters. The second-order valence-corrected chi connectivity index (χ2v) is 19.4. The van der Waals surface area contributed by atoms with E-state index in [2.05, 4.69) is 10.6 Å². The number of nitrogens with zero attached hydrogens (tertiary/aromatic N) is 2. The van der Waals surface area contributed by atoms with E-state index in [1.165, 1.54) is 0 Å². The molecule has 0 aliphatic heterocycles. The quantitative estimate of drug-likeness (QED) is 0.0382. The minimum Gasteiger partial charge on any atom is -0.394 e. The van der Waals surface area contributed by atoms with Gasteiger partial charge in [0.15, 0.2) is 0 Å². The van der Waals surface area contributed by atoms with Crippen LogP contribution in [-0.4, -0.2) is 178 Å². The number of hydrogen-bond acceptors (Lipinski definition) is 16. The summed E-state index contributed by atoms with van der Waals surface area (Å²) in [6, 6.07) is 0. The van der Waals surface area contributed by atoms with Crippen molar-refractivity contribution in [1.82, 2.24) is 10.6 Å². The van der Waals surface area contributed by atoms with Crippen molar-refractivity contribution >= 4 is 182 Å². The predicted molar refractivity (Wildman–Crippen MR) is 269 cm³/mol. The van der Waals surface area contributed by atoms with Gasteiger partial charge in [0.05, 0.1) is 125 Å². The molecular weight excluding hydrogens is 1510 g/mol. The zero-order valence-electron chi connectivity index (χ0n) is 31.9. The van der Waals surface area contributed by atoms with Crippen LogP contribution < -0.4 is 31.9 Å². The van der Waals surface area contributed by atoms with Crippen LogP contribution in [0.1, 0.15) is 47.9 Å². The van der Waals surface area contributed by atoms with Crippen LogP contribution in [0.15, 0.2) is 0 Å². The third-order valence-electron chi connectivity index (χ3n) is 8.23. The van der Waals surface area contributed by atoms with E-state index in [0.717, 1.165) is 9.80 Å². The van der Waals surface area contributed by atoms with Crippen molar-refractivity contribution in [2.75, 3.05) is 75.6 Å². The molecule has 0 aromatic heterocycles. The molecule has 0 bridgehead atoms. The minimum atomic E-state index is -1.67. The molecule has 0 saturated carbocycles. The van der Waals surface area contributed by atoms with Crippen LogP contribution in [0.5, 0.6) is 0 Å². The Balaban J connectivity index is 2.94. The molecule has 0 saturated heterocycles. The molecule has 22 nitrogen and oxygen atoms in total. The molecule has 15 N–H and O–H groups in total. The van der Waals surface area contributed by atoms with Crippen molar-refractivity contribution in [3.63, 3.8) is 0 Å². The van der Waals surface area contributed by atoms with Gasteiger partial charge in [0.2, 0.25) is 11.8 Å². The number of primary amides is 2. The molecular formula is C34H42I6N6O16. The highest BCUT2D eigenvalue weighted by atomic mass is 127. The van der Waals surface area contributed by atoms with Gasteiger partial charge in [-0.15, -0.1) is 0 Å². The number of halogens is 6. The Labute approximate surface area is 435 Å². The maximum absolute atomic E-state index is 14.6. The molecule has 2 rings (SSSR count). The van der Waals surface area contributed by atoms with Crippen LogP contribution in [0, 0.1) is 21.4 Å². The molecule has 6 amide bonds. The summed E-state index contributed by atoms with van der Waals surface area (Å²) in [6.45, 7) is -6.24. The lowest BCUT2D eigenvalue weighted by Gasteiger charge is -2.32. The number of nitrogens with one attached hydrogen (secondary N) is 2. The van der Waals surface area contributed by atoms with E-state index in [0.29, 0.717) is 0 Å². The number of benzene rings is 2. The van der Waals surface area contributed by atoms with E-state index in [9.17, 15) is 74.7 Å². The average molecular weight is 1550 g/mol. The number of carbonyl (C=O) groups is 6. The van der Waals surface area contributed by atoms with E-state index in [-0.39, 0.29) is 55.0 Å². The van der Waals surface area contributed by atoms with Gasteiger partial charge in [0, 0.05) is 20.2 Å². The number of aliphatic hydroxyl groups excluding tert-OH is 9. The van der Waals surface area contributed by atoms with Crippen molar-refractivity contribution in [2.24, 2.45) is 11.5 Å². The Morgan fingerprint density at radius 3 is 1.16 bits per heavy atom.